The highest BCUT2D eigenvalue weighted by molar-refractivity contribution is 7.98. The summed E-state index contributed by atoms with van der Waals surface area (Å²) in [7, 11) is 0. The van der Waals surface area contributed by atoms with Crippen molar-refractivity contribution in [2.45, 2.75) is 25.2 Å². The van der Waals surface area contributed by atoms with Gasteiger partial charge in [0.25, 0.3) is 0 Å². The van der Waals surface area contributed by atoms with Crippen LogP contribution in [0.25, 0.3) is 0 Å². The zero-order valence-electron chi connectivity index (χ0n) is 12.6. The fraction of sp³-hybridized carbons (Fsp3) is 0.467. The van der Waals surface area contributed by atoms with Crippen molar-refractivity contribution in [1.29, 1.82) is 0 Å². The van der Waals surface area contributed by atoms with Crippen molar-refractivity contribution >= 4 is 29.4 Å². The first-order chi connectivity index (χ1) is 9.92. The first-order valence-corrected chi connectivity index (χ1v) is 8.06. The summed E-state index contributed by atoms with van der Waals surface area (Å²) in [6.07, 6.45) is 2.50. The van der Waals surface area contributed by atoms with Crippen molar-refractivity contribution in [3.05, 3.63) is 24.3 Å². The van der Waals surface area contributed by atoms with E-state index < -0.39 is 11.9 Å². The number of benzene rings is 1. The highest BCUT2D eigenvalue weighted by Crippen LogP contribution is 2.18. The fourth-order valence-corrected chi connectivity index (χ4v) is 2.39. The average Bonchev–Trinajstić information content (AvgIpc) is 2.43. The predicted octanol–water partition coefficient (Wildman–Crippen LogP) is 3.28. The molecule has 1 aromatic carbocycles. The Balaban J connectivity index is 2.50. The number of thioether (sulfide) groups is 1. The molecule has 0 aliphatic heterocycles. The van der Waals surface area contributed by atoms with E-state index in [1.165, 1.54) is 0 Å². The minimum absolute atomic E-state index is 0.127. The number of carbonyl (C=O) groups excluding carboxylic acids is 1. The van der Waals surface area contributed by atoms with Crippen molar-refractivity contribution in [2.24, 2.45) is 11.8 Å². The molecule has 0 aliphatic rings. The molecule has 0 aliphatic carbocycles. The van der Waals surface area contributed by atoms with Crippen LogP contribution in [0.2, 0.25) is 0 Å². The number of anilines is 1. The fourth-order valence-electron chi connectivity index (χ4n) is 1.93. The summed E-state index contributed by atoms with van der Waals surface area (Å²) in [6, 6.07) is 7.09. The number of carboxylic acid groups (broad SMARTS) is 1. The third-order valence-electron chi connectivity index (χ3n) is 2.94. The summed E-state index contributed by atoms with van der Waals surface area (Å²) in [5.74, 6) is -1.17. The summed E-state index contributed by atoms with van der Waals surface area (Å²) in [5.41, 5.74) is 0.690. The topological polar surface area (TPSA) is 78.4 Å². The number of hydrogen-bond donors (Lipinski definition) is 3. The lowest BCUT2D eigenvalue weighted by molar-refractivity contribution is -0.142. The van der Waals surface area contributed by atoms with Crippen molar-refractivity contribution in [2.75, 3.05) is 18.1 Å². The Hall–Kier alpha value is -1.69. The Morgan fingerprint density at radius 3 is 2.62 bits per heavy atom. The second-order valence-electron chi connectivity index (χ2n) is 5.23. The number of aliphatic carboxylic acids is 1. The zero-order chi connectivity index (χ0) is 15.8. The molecule has 0 fully saturated rings. The summed E-state index contributed by atoms with van der Waals surface area (Å²) < 4.78 is 0. The van der Waals surface area contributed by atoms with E-state index in [9.17, 15) is 9.59 Å². The van der Waals surface area contributed by atoms with Gasteiger partial charge in [-0.25, -0.2) is 4.79 Å². The lowest BCUT2D eigenvalue weighted by atomic mass is 9.97. The van der Waals surface area contributed by atoms with Gasteiger partial charge in [0.1, 0.15) is 0 Å². The van der Waals surface area contributed by atoms with Crippen LogP contribution in [0.4, 0.5) is 10.5 Å². The molecule has 1 aromatic rings. The number of hydrogen-bond acceptors (Lipinski definition) is 3. The zero-order valence-corrected chi connectivity index (χ0v) is 13.4. The maximum Gasteiger partial charge on any atom is 0.319 e. The quantitative estimate of drug-likeness (QED) is 0.675. The van der Waals surface area contributed by atoms with Crippen LogP contribution in [0.15, 0.2) is 29.2 Å². The van der Waals surface area contributed by atoms with Gasteiger partial charge in [-0.2, -0.15) is 0 Å². The van der Waals surface area contributed by atoms with E-state index in [0.29, 0.717) is 12.1 Å². The molecule has 6 heteroatoms. The molecule has 0 saturated heterocycles. The highest BCUT2D eigenvalue weighted by Gasteiger charge is 2.19. The van der Waals surface area contributed by atoms with Crippen LogP contribution in [0.5, 0.6) is 0 Å². The maximum atomic E-state index is 11.8. The first-order valence-electron chi connectivity index (χ1n) is 6.84. The molecule has 116 valence electrons. The van der Waals surface area contributed by atoms with Gasteiger partial charge in [0.2, 0.25) is 0 Å². The second-order valence-corrected chi connectivity index (χ2v) is 6.11. The summed E-state index contributed by atoms with van der Waals surface area (Å²) in [6.45, 7) is 4.05. The smallest absolute Gasteiger partial charge is 0.319 e. The number of rotatable bonds is 7. The number of nitrogens with one attached hydrogen (secondary N) is 2. The van der Waals surface area contributed by atoms with Crippen molar-refractivity contribution in [3.63, 3.8) is 0 Å². The molecule has 0 spiro atoms. The molecule has 2 amide bonds. The maximum absolute atomic E-state index is 11.8. The molecule has 1 unspecified atom stereocenters. The van der Waals surface area contributed by atoms with Gasteiger partial charge in [0.05, 0.1) is 5.92 Å². The van der Waals surface area contributed by atoms with Crippen molar-refractivity contribution in [3.8, 4) is 0 Å². The van der Waals surface area contributed by atoms with Crippen LogP contribution in [0, 0.1) is 11.8 Å². The van der Waals surface area contributed by atoms with Crippen LogP contribution >= 0.6 is 11.8 Å². The summed E-state index contributed by atoms with van der Waals surface area (Å²) in [4.78, 5) is 24.0. The Morgan fingerprint density at radius 1 is 1.33 bits per heavy atom. The Bertz CT molecular complexity index is 492. The van der Waals surface area contributed by atoms with Crippen LogP contribution in [0.3, 0.4) is 0 Å². The van der Waals surface area contributed by atoms with E-state index in [1.807, 2.05) is 38.3 Å². The highest BCUT2D eigenvalue weighted by atomic mass is 32.2. The second kappa shape index (κ2) is 8.56. The molecule has 0 heterocycles. The average molecular weight is 310 g/mol. The van der Waals surface area contributed by atoms with Gasteiger partial charge >= 0.3 is 12.0 Å². The third-order valence-corrected chi connectivity index (χ3v) is 3.67. The Labute approximate surface area is 129 Å². The molecule has 1 atom stereocenters. The standard InChI is InChI=1S/C15H22N2O3S/c1-10(2)7-11(14(18)19)9-16-15(20)17-12-5-4-6-13(8-12)21-3/h4-6,8,10-11H,7,9H2,1-3H3,(H,18,19)(H2,16,17,20). The van der Waals surface area contributed by atoms with Gasteiger partial charge in [0, 0.05) is 17.1 Å². The van der Waals surface area contributed by atoms with Crippen LogP contribution in [0.1, 0.15) is 20.3 Å². The first kappa shape index (κ1) is 17.4. The monoisotopic (exact) mass is 310 g/mol. The molecule has 21 heavy (non-hydrogen) atoms. The van der Waals surface area contributed by atoms with E-state index in [4.69, 9.17) is 5.11 Å². The van der Waals surface area contributed by atoms with Crippen LogP contribution < -0.4 is 10.6 Å². The van der Waals surface area contributed by atoms with E-state index in [1.54, 1.807) is 17.8 Å². The number of carboxylic acids is 1. The van der Waals surface area contributed by atoms with Gasteiger partial charge in [-0.05, 0) is 36.8 Å². The van der Waals surface area contributed by atoms with Gasteiger partial charge in [0.15, 0.2) is 0 Å². The van der Waals surface area contributed by atoms with E-state index in [2.05, 4.69) is 10.6 Å². The van der Waals surface area contributed by atoms with E-state index in [0.717, 1.165) is 4.90 Å². The van der Waals surface area contributed by atoms with E-state index in [-0.39, 0.29) is 18.5 Å². The number of amides is 2. The molecular weight excluding hydrogens is 288 g/mol. The Morgan fingerprint density at radius 2 is 2.05 bits per heavy atom. The summed E-state index contributed by atoms with van der Waals surface area (Å²) >= 11 is 1.59. The minimum Gasteiger partial charge on any atom is -0.481 e. The van der Waals surface area contributed by atoms with Gasteiger partial charge in [-0.15, -0.1) is 11.8 Å². The molecule has 0 saturated carbocycles. The van der Waals surface area contributed by atoms with Crippen LogP contribution in [-0.4, -0.2) is 29.9 Å². The predicted molar refractivity (Wildman–Crippen MR) is 85.8 cm³/mol. The molecular formula is C15H22N2O3S. The molecule has 3 N–H and O–H groups in total. The number of carbonyl (C=O) groups is 2. The SMILES string of the molecule is CSc1cccc(NC(=O)NCC(CC(C)C)C(=O)O)c1. The van der Waals surface area contributed by atoms with Crippen molar-refractivity contribution in [1.82, 2.24) is 5.32 Å². The molecule has 0 aromatic heterocycles. The summed E-state index contributed by atoms with van der Waals surface area (Å²) in [5, 5.41) is 14.4. The molecule has 0 bridgehead atoms. The lowest BCUT2D eigenvalue weighted by Gasteiger charge is -2.15. The van der Waals surface area contributed by atoms with Gasteiger partial charge in [-0.3, -0.25) is 4.79 Å². The number of urea groups is 1. The molecule has 0 radical (unpaired) electrons. The normalized spacial score (nSPS) is 12.0. The largest absolute Gasteiger partial charge is 0.481 e. The third kappa shape index (κ3) is 6.53. The van der Waals surface area contributed by atoms with Gasteiger partial charge in [-0.1, -0.05) is 19.9 Å². The van der Waals surface area contributed by atoms with Gasteiger partial charge < -0.3 is 15.7 Å². The molecule has 1 rings (SSSR count). The van der Waals surface area contributed by atoms with Crippen molar-refractivity contribution < 1.29 is 14.7 Å². The minimum atomic E-state index is -0.881. The van der Waals surface area contributed by atoms with Crippen LogP contribution in [-0.2, 0) is 4.79 Å². The lowest BCUT2D eigenvalue weighted by Crippen LogP contribution is -2.36. The van der Waals surface area contributed by atoms with E-state index >= 15 is 0 Å². The molecule has 5 nitrogen and oxygen atoms in total. The Kier molecular flexibility index (Phi) is 7.08.